The van der Waals surface area contributed by atoms with Crippen molar-refractivity contribution in [3.8, 4) is 0 Å². The minimum Gasteiger partial charge on any atom is -0.501 e. The summed E-state index contributed by atoms with van der Waals surface area (Å²) in [4.78, 5) is 3.74. The fourth-order valence-corrected chi connectivity index (χ4v) is 0.248. The maximum atomic E-state index is 4.82. The second kappa shape index (κ2) is 4.37. The summed E-state index contributed by atoms with van der Waals surface area (Å²) >= 11 is 0. The SMILES string of the molecule is CN=C/C=C(/C)OC. The van der Waals surface area contributed by atoms with Gasteiger partial charge in [0.05, 0.1) is 12.9 Å². The average molecular weight is 113 g/mol. The lowest BCUT2D eigenvalue weighted by Gasteiger charge is -1.92. The van der Waals surface area contributed by atoms with E-state index in [-0.39, 0.29) is 0 Å². The maximum absolute atomic E-state index is 4.82. The predicted molar refractivity (Wildman–Crippen MR) is 35.2 cm³/mol. The van der Waals surface area contributed by atoms with Gasteiger partial charge in [-0.15, -0.1) is 0 Å². The van der Waals surface area contributed by atoms with E-state index in [1.807, 2.05) is 6.92 Å². The Kier molecular flexibility index (Phi) is 3.94. The Morgan fingerprint density at radius 2 is 2.25 bits per heavy atom. The van der Waals surface area contributed by atoms with Gasteiger partial charge >= 0.3 is 0 Å². The van der Waals surface area contributed by atoms with Crippen LogP contribution < -0.4 is 0 Å². The number of methoxy groups -OCH3 is 1. The van der Waals surface area contributed by atoms with Crippen LogP contribution in [0.5, 0.6) is 0 Å². The number of rotatable bonds is 2. The third kappa shape index (κ3) is 3.40. The molecule has 0 atom stereocenters. The molecule has 0 aromatic carbocycles. The molecule has 0 N–H and O–H groups in total. The molecular formula is C6H11NO. The Morgan fingerprint density at radius 1 is 1.62 bits per heavy atom. The van der Waals surface area contributed by atoms with Gasteiger partial charge in [0.1, 0.15) is 0 Å². The normalized spacial score (nSPS) is 12.6. The Balaban J connectivity index is 3.57. The van der Waals surface area contributed by atoms with E-state index in [2.05, 4.69) is 4.99 Å². The first-order valence-corrected chi connectivity index (χ1v) is 2.44. The molecule has 0 bridgehead atoms. The number of aliphatic imine (C=N–C) groups is 1. The molecule has 8 heavy (non-hydrogen) atoms. The molecule has 0 aromatic heterocycles. The van der Waals surface area contributed by atoms with Crippen LogP contribution in [-0.2, 0) is 4.74 Å². The number of ether oxygens (including phenoxy) is 1. The van der Waals surface area contributed by atoms with Crippen molar-refractivity contribution < 1.29 is 4.74 Å². The highest BCUT2D eigenvalue weighted by atomic mass is 16.5. The molecule has 0 aliphatic heterocycles. The average Bonchev–Trinajstić information content (AvgIpc) is 1.83. The predicted octanol–water partition coefficient (Wildman–Crippen LogP) is 1.24. The van der Waals surface area contributed by atoms with Crippen molar-refractivity contribution in [2.75, 3.05) is 14.2 Å². The fraction of sp³-hybridized carbons (Fsp3) is 0.500. The zero-order valence-electron chi connectivity index (χ0n) is 5.51. The number of hydrogen-bond acceptors (Lipinski definition) is 2. The topological polar surface area (TPSA) is 21.6 Å². The highest BCUT2D eigenvalue weighted by molar-refractivity contribution is 5.71. The Bertz CT molecular complexity index is 105. The van der Waals surface area contributed by atoms with Gasteiger partial charge < -0.3 is 4.74 Å². The van der Waals surface area contributed by atoms with Crippen LogP contribution in [-0.4, -0.2) is 20.4 Å². The Morgan fingerprint density at radius 3 is 2.62 bits per heavy atom. The van der Waals surface area contributed by atoms with Gasteiger partial charge in [-0.3, -0.25) is 4.99 Å². The minimum atomic E-state index is 0.871. The van der Waals surface area contributed by atoms with Crippen LogP contribution in [0.1, 0.15) is 6.92 Å². The zero-order chi connectivity index (χ0) is 6.41. The molecule has 0 aromatic rings. The Hall–Kier alpha value is -0.790. The molecule has 0 aliphatic carbocycles. The van der Waals surface area contributed by atoms with E-state index in [4.69, 9.17) is 4.74 Å². The zero-order valence-corrected chi connectivity index (χ0v) is 5.51. The standard InChI is InChI=1S/C6H11NO/c1-6(8-3)4-5-7-2/h4-5H,1-3H3/b6-4-,7-5?. The second-order valence-electron chi connectivity index (χ2n) is 1.39. The molecule has 0 radical (unpaired) electrons. The van der Waals surface area contributed by atoms with Crippen LogP contribution in [0.3, 0.4) is 0 Å². The molecule has 0 saturated carbocycles. The highest BCUT2D eigenvalue weighted by Crippen LogP contribution is 1.87. The lowest BCUT2D eigenvalue weighted by Crippen LogP contribution is -1.78. The summed E-state index contributed by atoms with van der Waals surface area (Å²) in [5.74, 6) is 0.871. The van der Waals surface area contributed by atoms with Gasteiger partial charge in [-0.05, 0) is 13.0 Å². The van der Waals surface area contributed by atoms with Gasteiger partial charge in [-0.1, -0.05) is 0 Å². The monoisotopic (exact) mass is 113 g/mol. The first-order chi connectivity index (χ1) is 3.81. The van der Waals surface area contributed by atoms with Crippen LogP contribution in [0.25, 0.3) is 0 Å². The summed E-state index contributed by atoms with van der Waals surface area (Å²) in [5, 5.41) is 0. The third-order valence-corrected chi connectivity index (χ3v) is 0.780. The molecule has 0 heterocycles. The van der Waals surface area contributed by atoms with Gasteiger partial charge in [0, 0.05) is 13.3 Å². The van der Waals surface area contributed by atoms with Crippen molar-refractivity contribution in [2.45, 2.75) is 6.92 Å². The molecule has 46 valence electrons. The third-order valence-electron chi connectivity index (χ3n) is 0.780. The number of nitrogens with zero attached hydrogens (tertiary/aromatic N) is 1. The van der Waals surface area contributed by atoms with E-state index in [1.54, 1.807) is 26.4 Å². The highest BCUT2D eigenvalue weighted by Gasteiger charge is 1.75. The largest absolute Gasteiger partial charge is 0.501 e. The summed E-state index contributed by atoms with van der Waals surface area (Å²) in [6, 6.07) is 0. The Labute approximate surface area is 49.9 Å². The van der Waals surface area contributed by atoms with Crippen molar-refractivity contribution in [1.29, 1.82) is 0 Å². The van der Waals surface area contributed by atoms with Crippen LogP contribution in [0.15, 0.2) is 16.8 Å². The van der Waals surface area contributed by atoms with Crippen LogP contribution in [0.2, 0.25) is 0 Å². The van der Waals surface area contributed by atoms with Crippen LogP contribution >= 0.6 is 0 Å². The molecule has 0 rings (SSSR count). The van der Waals surface area contributed by atoms with E-state index in [1.165, 1.54) is 0 Å². The second-order valence-corrected chi connectivity index (χ2v) is 1.39. The van der Waals surface area contributed by atoms with E-state index in [0.29, 0.717) is 0 Å². The molecular weight excluding hydrogens is 102 g/mol. The van der Waals surface area contributed by atoms with E-state index in [9.17, 15) is 0 Å². The first-order valence-electron chi connectivity index (χ1n) is 2.44. The van der Waals surface area contributed by atoms with Gasteiger partial charge in [-0.25, -0.2) is 0 Å². The first kappa shape index (κ1) is 7.21. The van der Waals surface area contributed by atoms with E-state index >= 15 is 0 Å². The molecule has 0 fully saturated rings. The maximum Gasteiger partial charge on any atom is 0.0939 e. The van der Waals surface area contributed by atoms with Crippen molar-refractivity contribution in [3.05, 3.63) is 11.8 Å². The molecule has 0 unspecified atom stereocenters. The summed E-state index contributed by atoms with van der Waals surface area (Å²) in [6.45, 7) is 1.88. The van der Waals surface area contributed by atoms with Gasteiger partial charge in [-0.2, -0.15) is 0 Å². The van der Waals surface area contributed by atoms with Crippen molar-refractivity contribution in [1.82, 2.24) is 0 Å². The van der Waals surface area contributed by atoms with Crippen molar-refractivity contribution >= 4 is 6.21 Å². The quantitative estimate of drug-likeness (QED) is 0.390. The minimum absolute atomic E-state index is 0.871. The molecule has 0 saturated heterocycles. The molecule has 0 amide bonds. The molecule has 2 heteroatoms. The number of allylic oxidation sites excluding steroid dienone is 2. The van der Waals surface area contributed by atoms with Crippen molar-refractivity contribution in [3.63, 3.8) is 0 Å². The lowest BCUT2D eigenvalue weighted by atomic mass is 10.5. The smallest absolute Gasteiger partial charge is 0.0939 e. The van der Waals surface area contributed by atoms with E-state index in [0.717, 1.165) is 5.76 Å². The molecule has 0 spiro atoms. The van der Waals surface area contributed by atoms with Gasteiger partial charge in [0.15, 0.2) is 0 Å². The summed E-state index contributed by atoms with van der Waals surface area (Å²) in [5.41, 5.74) is 0. The fourth-order valence-electron chi connectivity index (χ4n) is 0.248. The van der Waals surface area contributed by atoms with E-state index < -0.39 is 0 Å². The van der Waals surface area contributed by atoms with Crippen molar-refractivity contribution in [2.24, 2.45) is 4.99 Å². The van der Waals surface area contributed by atoms with Gasteiger partial charge in [0.25, 0.3) is 0 Å². The van der Waals surface area contributed by atoms with Crippen LogP contribution in [0, 0.1) is 0 Å². The van der Waals surface area contributed by atoms with Crippen LogP contribution in [0.4, 0.5) is 0 Å². The summed E-state index contributed by atoms with van der Waals surface area (Å²) in [7, 11) is 3.36. The summed E-state index contributed by atoms with van der Waals surface area (Å²) < 4.78 is 4.82. The summed E-state index contributed by atoms with van der Waals surface area (Å²) in [6.07, 6.45) is 3.50. The van der Waals surface area contributed by atoms with Gasteiger partial charge in [0.2, 0.25) is 0 Å². The molecule has 0 aliphatic rings. The lowest BCUT2D eigenvalue weighted by molar-refractivity contribution is 0.294. The molecule has 2 nitrogen and oxygen atoms in total. The number of hydrogen-bond donors (Lipinski definition) is 0.